The first-order valence-electron chi connectivity index (χ1n) is 8.87. The number of carbonyl (C=O) groups excluding carboxylic acids is 1. The lowest BCUT2D eigenvalue weighted by Crippen LogP contribution is -2.51. The largest absolute Gasteiger partial charge is 0.391 e. The molecule has 3 rings (SSSR count). The van der Waals surface area contributed by atoms with Crippen molar-refractivity contribution in [2.24, 2.45) is 5.41 Å². The summed E-state index contributed by atoms with van der Waals surface area (Å²) >= 11 is 0. The van der Waals surface area contributed by atoms with Gasteiger partial charge in [-0.1, -0.05) is 42.5 Å². The van der Waals surface area contributed by atoms with E-state index in [0.717, 1.165) is 12.0 Å². The van der Waals surface area contributed by atoms with Crippen molar-refractivity contribution in [1.82, 2.24) is 4.90 Å². The third-order valence-corrected chi connectivity index (χ3v) is 5.15. The Morgan fingerprint density at radius 1 is 1.24 bits per heavy atom. The van der Waals surface area contributed by atoms with Crippen LogP contribution in [0.1, 0.15) is 31.7 Å². The molecule has 1 saturated heterocycles. The van der Waals surface area contributed by atoms with Crippen LogP contribution in [0.2, 0.25) is 0 Å². The number of ether oxygens (including phenoxy) is 1. The smallest absolute Gasteiger partial charge is 0.230 e. The molecule has 4 heteroatoms. The maximum absolute atomic E-state index is 12.7. The summed E-state index contributed by atoms with van der Waals surface area (Å²) in [7, 11) is 1.61. The molecule has 1 aliphatic heterocycles. The second-order valence-corrected chi connectivity index (χ2v) is 7.64. The topological polar surface area (TPSA) is 49.8 Å². The highest BCUT2D eigenvalue weighted by molar-refractivity contribution is 5.83. The van der Waals surface area contributed by atoms with Gasteiger partial charge in [-0.25, -0.2) is 0 Å². The molecule has 2 aromatic carbocycles. The van der Waals surface area contributed by atoms with E-state index in [2.05, 4.69) is 30.3 Å². The Morgan fingerprint density at radius 2 is 1.96 bits per heavy atom. The summed E-state index contributed by atoms with van der Waals surface area (Å²) < 4.78 is 5.17. The number of aliphatic hydroxyl groups is 1. The summed E-state index contributed by atoms with van der Waals surface area (Å²) in [6.07, 6.45) is 0.228. The molecule has 1 amide bonds. The quantitative estimate of drug-likeness (QED) is 0.929. The lowest BCUT2D eigenvalue weighted by Gasteiger charge is -2.39. The fourth-order valence-corrected chi connectivity index (χ4v) is 3.79. The number of amides is 1. The molecule has 1 N–H and O–H groups in total. The third kappa shape index (κ3) is 3.70. The van der Waals surface area contributed by atoms with Crippen molar-refractivity contribution in [2.75, 3.05) is 26.8 Å². The van der Waals surface area contributed by atoms with Crippen LogP contribution >= 0.6 is 0 Å². The van der Waals surface area contributed by atoms with E-state index in [1.165, 1.54) is 10.8 Å². The summed E-state index contributed by atoms with van der Waals surface area (Å²) in [5.41, 5.74) is 0.582. The number of likely N-dealkylation sites (tertiary alicyclic amines) is 1. The van der Waals surface area contributed by atoms with Crippen LogP contribution in [0.5, 0.6) is 0 Å². The van der Waals surface area contributed by atoms with E-state index < -0.39 is 11.5 Å². The van der Waals surface area contributed by atoms with Gasteiger partial charge in [-0.05, 0) is 36.6 Å². The van der Waals surface area contributed by atoms with E-state index in [0.29, 0.717) is 19.7 Å². The van der Waals surface area contributed by atoms with E-state index in [1.54, 1.807) is 12.0 Å². The predicted octanol–water partition coefficient (Wildman–Crippen LogP) is 3.19. The lowest BCUT2D eigenvalue weighted by molar-refractivity contribution is -0.146. The number of nitrogens with zero attached hydrogens (tertiary/aromatic N) is 1. The van der Waals surface area contributed by atoms with Gasteiger partial charge in [-0.3, -0.25) is 4.79 Å². The van der Waals surface area contributed by atoms with Crippen molar-refractivity contribution in [1.29, 1.82) is 0 Å². The Kier molecular flexibility index (Phi) is 5.11. The van der Waals surface area contributed by atoms with Gasteiger partial charge in [0.2, 0.25) is 5.91 Å². The highest BCUT2D eigenvalue weighted by Crippen LogP contribution is 2.32. The van der Waals surface area contributed by atoms with Gasteiger partial charge in [-0.2, -0.15) is 0 Å². The molecule has 4 nitrogen and oxygen atoms in total. The molecular formula is C21H27NO3. The Bertz CT molecular complexity index is 756. The number of piperidine rings is 1. The first kappa shape index (κ1) is 17.9. The number of carbonyl (C=O) groups is 1. The van der Waals surface area contributed by atoms with Crippen LogP contribution in [-0.4, -0.2) is 48.8 Å². The Balaban J connectivity index is 1.74. The fourth-order valence-electron chi connectivity index (χ4n) is 3.79. The third-order valence-electron chi connectivity index (χ3n) is 5.15. The van der Waals surface area contributed by atoms with Crippen LogP contribution in [0.25, 0.3) is 10.8 Å². The van der Waals surface area contributed by atoms with Crippen molar-refractivity contribution < 1.29 is 14.6 Å². The molecule has 0 aromatic heterocycles. The first-order chi connectivity index (χ1) is 11.9. The average Bonchev–Trinajstić information content (AvgIpc) is 2.60. The molecule has 0 unspecified atom stereocenters. The summed E-state index contributed by atoms with van der Waals surface area (Å²) in [5.74, 6) is 0.115. The monoisotopic (exact) mass is 341 g/mol. The van der Waals surface area contributed by atoms with Crippen LogP contribution in [-0.2, 0) is 9.53 Å². The molecule has 0 aliphatic carbocycles. The lowest BCUT2D eigenvalue weighted by atomic mass is 9.84. The van der Waals surface area contributed by atoms with Crippen molar-refractivity contribution in [3.63, 3.8) is 0 Å². The number of hydrogen-bond acceptors (Lipinski definition) is 3. The molecule has 1 heterocycles. The minimum absolute atomic E-state index is 0.0466. The van der Waals surface area contributed by atoms with E-state index in [1.807, 2.05) is 26.0 Å². The van der Waals surface area contributed by atoms with Crippen LogP contribution in [0.15, 0.2) is 42.5 Å². The second kappa shape index (κ2) is 7.14. The van der Waals surface area contributed by atoms with Crippen molar-refractivity contribution in [3.05, 3.63) is 48.0 Å². The van der Waals surface area contributed by atoms with Crippen LogP contribution in [0.4, 0.5) is 0 Å². The molecule has 0 spiro atoms. The fraction of sp³-hybridized carbons (Fsp3) is 0.476. The summed E-state index contributed by atoms with van der Waals surface area (Å²) in [6, 6.07) is 14.6. The number of β-amino-alcohol motifs (C(OH)–C–C–N with tert-alkyl or cyclic N) is 1. The maximum atomic E-state index is 12.7. The van der Waals surface area contributed by atoms with E-state index in [-0.39, 0.29) is 11.8 Å². The van der Waals surface area contributed by atoms with Crippen LogP contribution in [0, 0.1) is 5.41 Å². The summed E-state index contributed by atoms with van der Waals surface area (Å²) in [4.78, 5) is 14.5. The number of benzene rings is 2. The molecule has 0 saturated carbocycles. The number of methoxy groups -OCH3 is 1. The molecule has 1 fully saturated rings. The zero-order chi connectivity index (χ0) is 18.0. The molecule has 0 radical (unpaired) electrons. The summed E-state index contributed by atoms with van der Waals surface area (Å²) in [5, 5.41) is 13.1. The minimum Gasteiger partial charge on any atom is -0.391 e. The number of fused-ring (bicyclic) bond motifs is 1. The minimum atomic E-state index is -0.565. The SMILES string of the molecule is COCC(C)(C)C(=O)N1CC[C@H](c2ccc3ccccc3c2)[C@@H](O)C1. The van der Waals surface area contributed by atoms with E-state index in [9.17, 15) is 9.90 Å². The molecule has 25 heavy (non-hydrogen) atoms. The van der Waals surface area contributed by atoms with Gasteiger partial charge in [0, 0.05) is 26.1 Å². The average molecular weight is 341 g/mol. The van der Waals surface area contributed by atoms with Gasteiger partial charge >= 0.3 is 0 Å². The predicted molar refractivity (Wildman–Crippen MR) is 99.5 cm³/mol. The zero-order valence-electron chi connectivity index (χ0n) is 15.2. The van der Waals surface area contributed by atoms with Gasteiger partial charge in [0.25, 0.3) is 0 Å². The Morgan fingerprint density at radius 3 is 2.64 bits per heavy atom. The van der Waals surface area contributed by atoms with Gasteiger partial charge < -0.3 is 14.7 Å². The van der Waals surface area contributed by atoms with Crippen molar-refractivity contribution in [3.8, 4) is 0 Å². The van der Waals surface area contributed by atoms with Gasteiger partial charge in [0.1, 0.15) is 0 Å². The number of hydrogen-bond donors (Lipinski definition) is 1. The molecule has 2 aromatic rings. The van der Waals surface area contributed by atoms with Crippen LogP contribution in [0.3, 0.4) is 0 Å². The van der Waals surface area contributed by atoms with Crippen molar-refractivity contribution in [2.45, 2.75) is 32.3 Å². The Labute approximate surface area is 149 Å². The highest BCUT2D eigenvalue weighted by atomic mass is 16.5. The molecular weight excluding hydrogens is 314 g/mol. The van der Waals surface area contributed by atoms with E-state index >= 15 is 0 Å². The van der Waals surface area contributed by atoms with Crippen molar-refractivity contribution >= 4 is 16.7 Å². The van der Waals surface area contributed by atoms with Crippen LogP contribution < -0.4 is 0 Å². The number of aliphatic hydroxyl groups excluding tert-OH is 1. The molecule has 2 atom stereocenters. The van der Waals surface area contributed by atoms with Gasteiger partial charge in [0.05, 0.1) is 18.1 Å². The first-order valence-corrected chi connectivity index (χ1v) is 8.87. The van der Waals surface area contributed by atoms with Gasteiger partial charge in [0.15, 0.2) is 0 Å². The molecule has 0 bridgehead atoms. The maximum Gasteiger partial charge on any atom is 0.230 e. The normalized spacial score (nSPS) is 21.5. The Hall–Kier alpha value is -1.91. The number of rotatable bonds is 4. The summed E-state index contributed by atoms with van der Waals surface area (Å²) in [6.45, 7) is 5.21. The second-order valence-electron chi connectivity index (χ2n) is 7.64. The molecule has 134 valence electrons. The zero-order valence-corrected chi connectivity index (χ0v) is 15.2. The van der Waals surface area contributed by atoms with E-state index in [4.69, 9.17) is 4.74 Å². The standard InChI is InChI=1S/C21H27NO3/c1-21(2,14-25-3)20(24)22-11-10-18(19(23)13-22)17-9-8-15-6-4-5-7-16(15)12-17/h4-9,12,18-19,23H,10-11,13-14H2,1-3H3/t18-,19+/m1/s1. The highest BCUT2D eigenvalue weighted by Gasteiger charge is 2.37. The molecule has 1 aliphatic rings. The van der Waals surface area contributed by atoms with Gasteiger partial charge in [-0.15, -0.1) is 0 Å².